The Labute approximate surface area is 183 Å². The van der Waals surface area contributed by atoms with Gasteiger partial charge in [-0.3, -0.25) is 9.36 Å². The molecule has 11 heteroatoms. The van der Waals surface area contributed by atoms with Gasteiger partial charge in [0.25, 0.3) is 5.91 Å². The minimum atomic E-state index is -4.70. The third kappa shape index (κ3) is 4.06. The van der Waals surface area contributed by atoms with Gasteiger partial charge in [-0.2, -0.15) is 13.2 Å². The number of benzene rings is 2. The molecule has 0 radical (unpaired) electrons. The summed E-state index contributed by atoms with van der Waals surface area (Å²) in [7, 11) is 0. The van der Waals surface area contributed by atoms with Gasteiger partial charge in [-0.15, -0.1) is 0 Å². The first-order valence-corrected chi connectivity index (χ1v) is 9.55. The third-order valence-electron chi connectivity index (χ3n) is 4.37. The van der Waals surface area contributed by atoms with Gasteiger partial charge in [0, 0.05) is 0 Å². The number of nitrogens with one attached hydrogen (secondary N) is 1. The number of nitrogens with zero attached hydrogens (tertiary/aromatic N) is 4. The van der Waals surface area contributed by atoms with Crippen LogP contribution in [0.1, 0.15) is 21.7 Å². The van der Waals surface area contributed by atoms with Crippen LogP contribution in [-0.4, -0.2) is 25.4 Å². The maximum absolute atomic E-state index is 13.6. The van der Waals surface area contributed by atoms with Crippen molar-refractivity contribution in [3.8, 4) is 5.82 Å². The molecule has 0 fully saturated rings. The summed E-state index contributed by atoms with van der Waals surface area (Å²) in [4.78, 5) is 24.2. The first kappa shape index (κ1) is 21.1. The molecule has 4 aromatic rings. The standard InChI is InChI=1S/C20H12Cl2F3N5O/c1-10-5-6-14-13(7-10)28-19(20(23,24)25)30(14)16-9-26-15(8-27-16)29-18(31)11-3-2-4-12(21)17(11)22/h2-9H,1H3,(H,26,29,31). The van der Waals surface area contributed by atoms with E-state index in [1.165, 1.54) is 18.2 Å². The number of aryl methyl sites for hydroxylation is 1. The molecule has 6 nitrogen and oxygen atoms in total. The normalized spacial score (nSPS) is 11.7. The largest absolute Gasteiger partial charge is 0.450 e. The van der Waals surface area contributed by atoms with E-state index < -0.39 is 17.9 Å². The topological polar surface area (TPSA) is 72.7 Å². The second-order valence-corrected chi connectivity index (χ2v) is 7.36. The number of rotatable bonds is 3. The lowest BCUT2D eigenvalue weighted by atomic mass is 10.2. The van der Waals surface area contributed by atoms with Crippen molar-refractivity contribution >= 4 is 46.0 Å². The van der Waals surface area contributed by atoms with E-state index in [0.717, 1.165) is 22.5 Å². The zero-order chi connectivity index (χ0) is 22.3. The van der Waals surface area contributed by atoms with Crippen molar-refractivity contribution in [1.82, 2.24) is 19.5 Å². The van der Waals surface area contributed by atoms with Crippen molar-refractivity contribution in [3.63, 3.8) is 0 Å². The molecule has 2 heterocycles. The highest BCUT2D eigenvalue weighted by molar-refractivity contribution is 6.44. The highest BCUT2D eigenvalue weighted by atomic mass is 35.5. The van der Waals surface area contributed by atoms with Gasteiger partial charge in [-0.05, 0) is 36.8 Å². The quantitative estimate of drug-likeness (QED) is 0.421. The van der Waals surface area contributed by atoms with Crippen LogP contribution < -0.4 is 5.32 Å². The Bertz CT molecular complexity index is 1300. The summed E-state index contributed by atoms with van der Waals surface area (Å²) in [5, 5.41) is 2.76. The van der Waals surface area contributed by atoms with Gasteiger partial charge in [0.15, 0.2) is 11.6 Å². The summed E-state index contributed by atoms with van der Waals surface area (Å²) >= 11 is 11.9. The maximum Gasteiger partial charge on any atom is 0.450 e. The SMILES string of the molecule is Cc1ccc2c(c1)nc(C(F)(F)F)n2-c1cnc(NC(=O)c2cccc(Cl)c2Cl)cn1. The van der Waals surface area contributed by atoms with Crippen LogP contribution in [0.15, 0.2) is 48.8 Å². The molecule has 0 spiro atoms. The zero-order valence-corrected chi connectivity index (χ0v) is 17.2. The van der Waals surface area contributed by atoms with Crippen molar-refractivity contribution in [1.29, 1.82) is 0 Å². The lowest BCUT2D eigenvalue weighted by Crippen LogP contribution is -2.16. The summed E-state index contributed by atoms with van der Waals surface area (Å²) in [5.41, 5.74) is 1.31. The maximum atomic E-state index is 13.6. The van der Waals surface area contributed by atoms with Crippen LogP contribution in [0.25, 0.3) is 16.9 Å². The summed E-state index contributed by atoms with van der Waals surface area (Å²) in [6.07, 6.45) is -2.44. The monoisotopic (exact) mass is 465 g/mol. The Morgan fingerprint density at radius 1 is 1.10 bits per heavy atom. The van der Waals surface area contributed by atoms with Gasteiger partial charge in [-0.1, -0.05) is 35.3 Å². The molecule has 0 aliphatic heterocycles. The average Bonchev–Trinajstić information content (AvgIpc) is 3.09. The predicted octanol–water partition coefficient (Wildman–Crippen LogP) is 5.70. The van der Waals surface area contributed by atoms with Crippen LogP contribution in [0, 0.1) is 6.92 Å². The number of imidazole rings is 1. The van der Waals surface area contributed by atoms with E-state index in [1.807, 2.05) is 0 Å². The van der Waals surface area contributed by atoms with Crippen LogP contribution in [-0.2, 0) is 6.18 Å². The van der Waals surface area contributed by atoms with Crippen LogP contribution in [0.4, 0.5) is 19.0 Å². The first-order valence-electron chi connectivity index (χ1n) is 8.79. The van der Waals surface area contributed by atoms with Crippen molar-refractivity contribution in [2.75, 3.05) is 5.32 Å². The van der Waals surface area contributed by atoms with Crippen molar-refractivity contribution < 1.29 is 18.0 Å². The third-order valence-corrected chi connectivity index (χ3v) is 5.19. The average molecular weight is 466 g/mol. The molecule has 2 aromatic carbocycles. The van der Waals surface area contributed by atoms with E-state index in [2.05, 4.69) is 20.3 Å². The molecule has 0 bridgehead atoms. The molecule has 158 valence electrons. The van der Waals surface area contributed by atoms with Crippen LogP contribution in [0.5, 0.6) is 0 Å². The van der Waals surface area contributed by atoms with E-state index in [4.69, 9.17) is 23.2 Å². The van der Waals surface area contributed by atoms with Gasteiger partial charge in [0.2, 0.25) is 5.82 Å². The second-order valence-electron chi connectivity index (χ2n) is 6.58. The molecule has 31 heavy (non-hydrogen) atoms. The zero-order valence-electron chi connectivity index (χ0n) is 15.7. The smallest absolute Gasteiger partial charge is 0.305 e. The van der Waals surface area contributed by atoms with E-state index in [0.29, 0.717) is 0 Å². The molecule has 2 aromatic heterocycles. The molecule has 0 saturated carbocycles. The van der Waals surface area contributed by atoms with Crippen molar-refractivity contribution in [2.24, 2.45) is 0 Å². The summed E-state index contributed by atoms with van der Waals surface area (Å²) in [5.74, 6) is -1.78. The number of hydrogen-bond acceptors (Lipinski definition) is 4. The highest BCUT2D eigenvalue weighted by Crippen LogP contribution is 2.33. The Kier molecular flexibility index (Phi) is 5.32. The molecule has 0 atom stereocenters. The van der Waals surface area contributed by atoms with Crippen molar-refractivity contribution in [2.45, 2.75) is 13.1 Å². The second kappa shape index (κ2) is 7.82. The Morgan fingerprint density at radius 2 is 1.87 bits per heavy atom. The Hall–Kier alpha value is -3.17. The Balaban J connectivity index is 1.69. The van der Waals surface area contributed by atoms with E-state index in [-0.39, 0.29) is 38.3 Å². The molecule has 4 rings (SSSR count). The highest BCUT2D eigenvalue weighted by Gasteiger charge is 2.38. The fourth-order valence-electron chi connectivity index (χ4n) is 2.98. The van der Waals surface area contributed by atoms with Gasteiger partial charge in [0.1, 0.15) is 0 Å². The fourth-order valence-corrected chi connectivity index (χ4v) is 3.36. The minimum absolute atomic E-state index is 0.0265. The molecule has 0 aliphatic rings. The number of halogens is 5. The van der Waals surface area contributed by atoms with Gasteiger partial charge in [0.05, 0.1) is 39.0 Å². The van der Waals surface area contributed by atoms with Gasteiger partial charge >= 0.3 is 6.18 Å². The number of hydrogen-bond donors (Lipinski definition) is 1. The molecule has 0 aliphatic carbocycles. The van der Waals surface area contributed by atoms with Crippen LogP contribution in [0.3, 0.4) is 0 Å². The van der Waals surface area contributed by atoms with E-state index >= 15 is 0 Å². The number of anilines is 1. The molecular weight excluding hydrogens is 454 g/mol. The molecule has 1 N–H and O–H groups in total. The van der Waals surface area contributed by atoms with Crippen LogP contribution in [0.2, 0.25) is 10.0 Å². The molecule has 0 saturated heterocycles. The van der Waals surface area contributed by atoms with E-state index in [9.17, 15) is 18.0 Å². The van der Waals surface area contributed by atoms with Crippen molar-refractivity contribution in [3.05, 3.63) is 75.8 Å². The summed E-state index contributed by atoms with van der Waals surface area (Å²) < 4.78 is 41.6. The predicted molar refractivity (Wildman–Crippen MR) is 111 cm³/mol. The number of carbonyl (C=O) groups excluding carboxylic acids is 1. The van der Waals surface area contributed by atoms with Gasteiger partial charge < -0.3 is 5.32 Å². The Morgan fingerprint density at radius 3 is 2.55 bits per heavy atom. The number of amides is 1. The first-order chi connectivity index (χ1) is 14.6. The lowest BCUT2D eigenvalue weighted by molar-refractivity contribution is -0.145. The minimum Gasteiger partial charge on any atom is -0.305 e. The molecular formula is C20H12Cl2F3N5O. The number of alkyl halides is 3. The number of fused-ring (bicyclic) bond motifs is 1. The van der Waals surface area contributed by atoms with E-state index in [1.54, 1.807) is 25.1 Å². The molecule has 1 amide bonds. The van der Waals surface area contributed by atoms with Crippen LogP contribution >= 0.6 is 23.2 Å². The number of carbonyl (C=O) groups is 1. The summed E-state index contributed by atoms with van der Waals surface area (Å²) in [6, 6.07) is 9.33. The van der Waals surface area contributed by atoms with Gasteiger partial charge in [-0.25, -0.2) is 15.0 Å². The summed E-state index contributed by atoms with van der Waals surface area (Å²) in [6.45, 7) is 1.76. The number of aromatic nitrogens is 4. The molecule has 0 unspecified atom stereocenters. The fraction of sp³-hybridized carbons (Fsp3) is 0.100. The lowest BCUT2D eigenvalue weighted by Gasteiger charge is -2.11.